The Labute approximate surface area is 155 Å². The Morgan fingerprint density at radius 1 is 1.35 bits per heavy atom. The van der Waals surface area contributed by atoms with Crippen LogP contribution in [0.2, 0.25) is 5.02 Å². The van der Waals surface area contributed by atoms with Crippen LogP contribution in [0.4, 0.5) is 11.6 Å². The van der Waals surface area contributed by atoms with Crippen LogP contribution in [0.5, 0.6) is 0 Å². The van der Waals surface area contributed by atoms with Crippen LogP contribution >= 0.6 is 11.6 Å². The molecule has 26 heavy (non-hydrogen) atoms. The van der Waals surface area contributed by atoms with Gasteiger partial charge in [-0.1, -0.05) is 17.7 Å². The fraction of sp³-hybridized carbons (Fsp3) is 0.294. The van der Waals surface area contributed by atoms with Gasteiger partial charge in [0, 0.05) is 25.8 Å². The Bertz CT molecular complexity index is 993. The molecule has 3 aromatic rings. The number of pyridine rings is 1. The van der Waals surface area contributed by atoms with Gasteiger partial charge in [-0.3, -0.25) is 4.98 Å². The number of hydrogen-bond acceptors (Lipinski definition) is 7. The van der Waals surface area contributed by atoms with Gasteiger partial charge in [0.25, 0.3) is 0 Å². The predicted octanol–water partition coefficient (Wildman–Crippen LogP) is 2.34. The Morgan fingerprint density at radius 3 is 2.85 bits per heavy atom. The Kier molecular flexibility index (Phi) is 5.21. The van der Waals surface area contributed by atoms with Crippen LogP contribution in [0.1, 0.15) is 22.6 Å². The molecule has 3 N–H and O–H groups in total. The number of hydrogen-bond donors (Lipinski definition) is 2. The molecule has 134 valence electrons. The summed E-state index contributed by atoms with van der Waals surface area (Å²) < 4.78 is 6.48. The highest BCUT2D eigenvalue weighted by atomic mass is 35.5. The maximum Gasteiger partial charge on any atom is 0.178 e. The summed E-state index contributed by atoms with van der Waals surface area (Å²) in [5, 5.41) is 17.2. The molecule has 0 unspecified atom stereocenters. The van der Waals surface area contributed by atoms with E-state index in [1.807, 2.05) is 18.2 Å². The number of fused-ring (bicyclic) bond motifs is 1. The lowest BCUT2D eigenvalue weighted by Crippen LogP contribution is -2.13. The average Bonchev–Trinajstić information content (AvgIpc) is 2.91. The molecule has 0 saturated heterocycles. The molecule has 0 atom stereocenters. The summed E-state index contributed by atoms with van der Waals surface area (Å²) in [5.74, 6) is 0.586. The van der Waals surface area contributed by atoms with Gasteiger partial charge in [0.05, 0.1) is 18.0 Å². The number of nitrogens with zero attached hydrogens (tertiary/aromatic N) is 5. The molecule has 0 aromatic carbocycles. The summed E-state index contributed by atoms with van der Waals surface area (Å²) in [5.41, 5.74) is 9.10. The van der Waals surface area contributed by atoms with Gasteiger partial charge in [0.15, 0.2) is 5.65 Å². The third-order valence-electron chi connectivity index (χ3n) is 3.85. The van der Waals surface area contributed by atoms with Crippen molar-refractivity contribution in [1.29, 1.82) is 5.26 Å². The van der Waals surface area contributed by atoms with Gasteiger partial charge in [0.2, 0.25) is 0 Å². The normalized spacial score (nSPS) is 10.8. The van der Waals surface area contributed by atoms with Gasteiger partial charge < -0.3 is 15.8 Å². The monoisotopic (exact) mass is 371 g/mol. The molecule has 9 heteroatoms. The number of ether oxygens (including phenoxy) is 1. The van der Waals surface area contributed by atoms with Crippen LogP contribution in [0.25, 0.3) is 5.65 Å². The molecule has 3 aromatic heterocycles. The molecule has 0 bridgehead atoms. The number of rotatable bonds is 6. The summed E-state index contributed by atoms with van der Waals surface area (Å²) >= 11 is 6.22. The molecule has 0 spiro atoms. The van der Waals surface area contributed by atoms with E-state index < -0.39 is 0 Å². The Hall–Kier alpha value is -2.89. The van der Waals surface area contributed by atoms with Crippen molar-refractivity contribution in [3.8, 4) is 6.07 Å². The maximum atomic E-state index is 9.44. The van der Waals surface area contributed by atoms with Gasteiger partial charge in [-0.25, -0.2) is 4.98 Å². The molecular weight excluding hydrogens is 354 g/mol. The summed E-state index contributed by atoms with van der Waals surface area (Å²) in [4.78, 5) is 8.93. The van der Waals surface area contributed by atoms with Crippen molar-refractivity contribution in [2.45, 2.75) is 20.0 Å². The van der Waals surface area contributed by atoms with E-state index in [1.54, 1.807) is 14.0 Å². The van der Waals surface area contributed by atoms with Crippen molar-refractivity contribution in [1.82, 2.24) is 19.6 Å². The molecule has 0 aliphatic rings. The SMILES string of the molecule is COCc1cccc(CCNc2nc3c(Cl)c(C)nn3c(N)c2C#N)n1. The van der Waals surface area contributed by atoms with E-state index in [-0.39, 0.29) is 11.4 Å². The van der Waals surface area contributed by atoms with Gasteiger partial charge >= 0.3 is 0 Å². The maximum absolute atomic E-state index is 9.44. The topological polar surface area (TPSA) is 114 Å². The van der Waals surface area contributed by atoms with Crippen LogP contribution in [0, 0.1) is 18.3 Å². The second kappa shape index (κ2) is 7.56. The summed E-state index contributed by atoms with van der Waals surface area (Å²) in [6.45, 7) is 2.76. The highest BCUT2D eigenvalue weighted by molar-refractivity contribution is 6.34. The zero-order valence-electron chi connectivity index (χ0n) is 14.5. The highest BCUT2D eigenvalue weighted by Gasteiger charge is 2.17. The number of aromatic nitrogens is 4. The number of anilines is 2. The largest absolute Gasteiger partial charge is 0.382 e. The fourth-order valence-electron chi connectivity index (χ4n) is 2.59. The van der Waals surface area contributed by atoms with E-state index in [0.717, 1.165) is 11.4 Å². The van der Waals surface area contributed by atoms with Gasteiger partial charge in [0.1, 0.15) is 28.3 Å². The quantitative estimate of drug-likeness (QED) is 0.683. The Balaban J connectivity index is 1.81. The van der Waals surface area contributed by atoms with Crippen LogP contribution in [-0.2, 0) is 17.8 Å². The number of nitrogen functional groups attached to an aromatic ring is 1. The highest BCUT2D eigenvalue weighted by Crippen LogP contribution is 2.27. The van der Waals surface area contributed by atoms with Crippen LogP contribution in [0.15, 0.2) is 18.2 Å². The number of halogens is 1. The van der Waals surface area contributed by atoms with E-state index in [0.29, 0.717) is 41.8 Å². The molecule has 0 radical (unpaired) electrons. The lowest BCUT2D eigenvalue weighted by molar-refractivity contribution is 0.181. The van der Waals surface area contributed by atoms with Crippen LogP contribution in [0.3, 0.4) is 0 Å². The number of nitrogens with one attached hydrogen (secondary N) is 1. The minimum absolute atomic E-state index is 0.204. The van der Waals surface area contributed by atoms with E-state index in [9.17, 15) is 5.26 Å². The smallest absolute Gasteiger partial charge is 0.178 e. The first-order chi connectivity index (χ1) is 12.5. The first kappa shape index (κ1) is 17.9. The molecule has 0 aliphatic carbocycles. The van der Waals surface area contributed by atoms with E-state index >= 15 is 0 Å². The summed E-state index contributed by atoms with van der Waals surface area (Å²) in [7, 11) is 1.63. The first-order valence-electron chi connectivity index (χ1n) is 7.97. The zero-order valence-corrected chi connectivity index (χ0v) is 15.2. The molecule has 3 rings (SSSR count). The molecule has 0 amide bonds. The van der Waals surface area contributed by atoms with Gasteiger partial charge in [-0.05, 0) is 19.1 Å². The van der Waals surface area contributed by atoms with E-state index in [4.69, 9.17) is 22.1 Å². The Morgan fingerprint density at radius 2 is 2.12 bits per heavy atom. The van der Waals surface area contributed by atoms with Crippen molar-refractivity contribution in [2.24, 2.45) is 0 Å². The van der Waals surface area contributed by atoms with Crippen LogP contribution in [-0.4, -0.2) is 33.2 Å². The number of nitriles is 1. The predicted molar refractivity (Wildman–Crippen MR) is 99.0 cm³/mol. The number of methoxy groups -OCH3 is 1. The molecule has 3 heterocycles. The van der Waals surface area contributed by atoms with Crippen molar-refractivity contribution >= 4 is 28.9 Å². The second-order valence-electron chi connectivity index (χ2n) is 5.70. The standard InChI is InChI=1S/C17H18ClN7O/c1-10-14(18)17-23-16(13(8-19)15(20)25(17)24-10)21-7-6-11-4-3-5-12(22-11)9-26-2/h3-5H,6-7,9,20H2,1-2H3,(H,21,23). The molecular formula is C17H18ClN7O. The second-order valence-corrected chi connectivity index (χ2v) is 6.08. The van der Waals surface area contributed by atoms with Crippen molar-refractivity contribution < 1.29 is 4.74 Å². The zero-order chi connectivity index (χ0) is 18.7. The van der Waals surface area contributed by atoms with Gasteiger partial charge in [-0.15, -0.1) is 0 Å². The average molecular weight is 372 g/mol. The molecule has 0 aliphatic heterocycles. The van der Waals surface area contributed by atoms with E-state index in [2.05, 4.69) is 26.5 Å². The molecule has 0 fully saturated rings. The molecule has 0 saturated carbocycles. The van der Waals surface area contributed by atoms with Crippen LogP contribution < -0.4 is 11.1 Å². The summed E-state index contributed by atoms with van der Waals surface area (Å²) in [6.07, 6.45) is 0.654. The third kappa shape index (κ3) is 3.40. The minimum atomic E-state index is 0.204. The van der Waals surface area contributed by atoms with Crippen molar-refractivity contribution in [3.63, 3.8) is 0 Å². The lowest BCUT2D eigenvalue weighted by atomic mass is 10.2. The lowest BCUT2D eigenvalue weighted by Gasteiger charge is -2.10. The fourth-order valence-corrected chi connectivity index (χ4v) is 2.75. The van der Waals surface area contributed by atoms with Crippen molar-refractivity contribution in [3.05, 3.63) is 45.9 Å². The first-order valence-corrected chi connectivity index (χ1v) is 8.35. The third-order valence-corrected chi connectivity index (χ3v) is 4.29. The number of aryl methyl sites for hydroxylation is 1. The van der Waals surface area contributed by atoms with Crippen molar-refractivity contribution in [2.75, 3.05) is 24.7 Å². The molecule has 8 nitrogen and oxygen atoms in total. The van der Waals surface area contributed by atoms with Gasteiger partial charge in [-0.2, -0.15) is 14.9 Å². The number of nitrogens with two attached hydrogens (primary N) is 1. The minimum Gasteiger partial charge on any atom is -0.382 e. The summed E-state index contributed by atoms with van der Waals surface area (Å²) in [6, 6.07) is 7.86. The van der Waals surface area contributed by atoms with E-state index in [1.165, 1.54) is 4.52 Å².